The highest BCUT2D eigenvalue weighted by Gasteiger charge is 2.39. The van der Waals surface area contributed by atoms with Crippen molar-refractivity contribution in [3.05, 3.63) is 54.1 Å². The fourth-order valence-electron chi connectivity index (χ4n) is 3.59. The average molecular weight is 410 g/mol. The third-order valence-electron chi connectivity index (χ3n) is 4.97. The number of para-hydroxylation sites is 2. The van der Waals surface area contributed by atoms with Gasteiger partial charge in [-0.3, -0.25) is 4.79 Å². The van der Waals surface area contributed by atoms with E-state index >= 15 is 0 Å². The lowest BCUT2D eigenvalue weighted by Gasteiger charge is -2.27. The van der Waals surface area contributed by atoms with Gasteiger partial charge in [0.05, 0.1) is 37.0 Å². The van der Waals surface area contributed by atoms with Gasteiger partial charge < -0.3 is 29.8 Å². The summed E-state index contributed by atoms with van der Waals surface area (Å²) in [6.07, 6.45) is 0. The average Bonchev–Trinajstić information content (AvgIpc) is 3.32. The van der Waals surface area contributed by atoms with Crippen LogP contribution in [0.1, 0.15) is 12.7 Å². The van der Waals surface area contributed by atoms with Crippen molar-refractivity contribution < 1.29 is 19.4 Å². The van der Waals surface area contributed by atoms with Gasteiger partial charge in [0.15, 0.2) is 5.78 Å². The molecule has 0 bridgehead atoms. The number of aromatic amines is 1. The molecule has 1 atom stereocenters. The number of aliphatic hydroxyl groups is 1. The number of anilines is 1. The second kappa shape index (κ2) is 8.87. The number of carbonyl (C=O) groups is 1. The molecule has 158 valence electrons. The Labute approximate surface area is 175 Å². The lowest BCUT2D eigenvalue weighted by atomic mass is 10.1. The maximum absolute atomic E-state index is 13.2. The van der Waals surface area contributed by atoms with Crippen molar-refractivity contribution in [2.75, 3.05) is 33.3 Å². The Morgan fingerprint density at radius 2 is 1.73 bits per heavy atom. The molecule has 8 nitrogen and oxygen atoms in total. The maximum Gasteiger partial charge on any atom is 0.192 e. The Balaban J connectivity index is 0.00000124. The highest BCUT2D eigenvalue weighted by Crippen LogP contribution is 2.38. The number of aromatic nitrogens is 2. The van der Waals surface area contributed by atoms with Gasteiger partial charge in [0.1, 0.15) is 28.7 Å². The zero-order valence-corrected chi connectivity index (χ0v) is 17.7. The topological polar surface area (TPSA) is 99.7 Å². The number of methoxy groups -OCH3 is 2. The number of H-pyrrole nitrogens is 1. The standard InChI is InChI=1S/C21H22N4O3.CH4O/c1-12-19(26)18(20-23-16-7-5-6-8-17(16)24-20)21(22-2)25(12)13-9-14(27-3)11-15(10-13)28-4;1-2/h5-12,22H,1-4H3,(H,23,24);2H,1H3. The van der Waals surface area contributed by atoms with Crippen LogP contribution < -0.4 is 19.7 Å². The Bertz CT molecular complexity index is 1030. The maximum atomic E-state index is 13.2. The smallest absolute Gasteiger partial charge is 0.192 e. The second-order valence-corrected chi connectivity index (χ2v) is 6.56. The number of rotatable bonds is 5. The fourth-order valence-corrected chi connectivity index (χ4v) is 3.59. The van der Waals surface area contributed by atoms with E-state index in [0.717, 1.165) is 23.8 Å². The molecule has 0 radical (unpaired) electrons. The predicted octanol–water partition coefficient (Wildman–Crippen LogP) is 2.55. The van der Waals surface area contributed by atoms with Gasteiger partial charge in [-0.1, -0.05) is 12.1 Å². The van der Waals surface area contributed by atoms with Gasteiger partial charge in [0.2, 0.25) is 0 Å². The summed E-state index contributed by atoms with van der Waals surface area (Å²) in [5.74, 6) is 2.54. The van der Waals surface area contributed by atoms with Crippen molar-refractivity contribution >= 4 is 28.1 Å². The summed E-state index contributed by atoms with van der Waals surface area (Å²) in [6, 6.07) is 12.9. The van der Waals surface area contributed by atoms with Crippen LogP contribution in [0.2, 0.25) is 0 Å². The molecular weight excluding hydrogens is 384 g/mol. The monoisotopic (exact) mass is 410 g/mol. The zero-order valence-electron chi connectivity index (χ0n) is 17.7. The number of carbonyl (C=O) groups excluding carboxylic acids is 1. The molecule has 0 fully saturated rings. The number of nitrogens with one attached hydrogen (secondary N) is 2. The molecule has 2 aromatic carbocycles. The van der Waals surface area contributed by atoms with E-state index in [1.165, 1.54) is 0 Å². The molecule has 1 aliphatic heterocycles. The van der Waals surface area contributed by atoms with E-state index in [1.54, 1.807) is 27.3 Å². The van der Waals surface area contributed by atoms with Gasteiger partial charge in [0, 0.05) is 32.4 Å². The minimum Gasteiger partial charge on any atom is -0.497 e. The van der Waals surface area contributed by atoms with E-state index in [1.807, 2.05) is 48.2 Å². The fraction of sp³-hybridized carbons (Fsp3) is 0.273. The summed E-state index contributed by atoms with van der Waals surface area (Å²) >= 11 is 0. The van der Waals surface area contributed by atoms with Crippen molar-refractivity contribution in [2.45, 2.75) is 13.0 Å². The van der Waals surface area contributed by atoms with Crippen LogP contribution in [0.3, 0.4) is 0 Å². The summed E-state index contributed by atoms with van der Waals surface area (Å²) in [7, 11) is 6.01. The zero-order chi connectivity index (χ0) is 21.8. The van der Waals surface area contributed by atoms with Gasteiger partial charge in [-0.2, -0.15) is 0 Å². The first-order valence-corrected chi connectivity index (χ1v) is 9.45. The van der Waals surface area contributed by atoms with Crippen LogP contribution in [-0.4, -0.2) is 55.3 Å². The van der Waals surface area contributed by atoms with Gasteiger partial charge in [-0.15, -0.1) is 0 Å². The van der Waals surface area contributed by atoms with E-state index in [2.05, 4.69) is 15.3 Å². The molecular formula is C22H26N4O4. The number of ketones is 1. The first-order valence-electron chi connectivity index (χ1n) is 9.45. The summed E-state index contributed by atoms with van der Waals surface area (Å²) in [5, 5.41) is 10.2. The van der Waals surface area contributed by atoms with Gasteiger partial charge in [-0.05, 0) is 19.1 Å². The summed E-state index contributed by atoms with van der Waals surface area (Å²) in [6.45, 7) is 1.88. The molecule has 0 saturated carbocycles. The number of Topliss-reactive ketones (excluding diaryl/α,β-unsaturated/α-hetero) is 1. The Kier molecular flexibility index (Phi) is 6.27. The van der Waals surface area contributed by atoms with Crippen LogP contribution in [0.4, 0.5) is 5.69 Å². The highest BCUT2D eigenvalue weighted by molar-refractivity contribution is 6.27. The number of nitrogens with zero attached hydrogens (tertiary/aromatic N) is 2. The SMILES string of the molecule is CNC1=C(c2nc3ccccc3[nH]2)C(=O)C(C)N1c1cc(OC)cc(OC)c1.CO. The first kappa shape index (κ1) is 21.2. The van der Waals surface area contributed by atoms with Crippen LogP contribution in [0.5, 0.6) is 11.5 Å². The number of ether oxygens (including phenoxy) is 2. The van der Waals surface area contributed by atoms with Gasteiger partial charge in [0.25, 0.3) is 0 Å². The Morgan fingerprint density at radius 1 is 1.10 bits per heavy atom. The van der Waals surface area contributed by atoms with Crippen molar-refractivity contribution in [1.29, 1.82) is 0 Å². The summed E-state index contributed by atoms with van der Waals surface area (Å²) in [4.78, 5) is 23.0. The first-order chi connectivity index (χ1) is 14.6. The minimum atomic E-state index is -0.400. The van der Waals surface area contributed by atoms with E-state index < -0.39 is 6.04 Å². The molecule has 0 saturated heterocycles. The lowest BCUT2D eigenvalue weighted by molar-refractivity contribution is -0.114. The number of benzene rings is 2. The molecule has 1 unspecified atom stereocenters. The van der Waals surface area contributed by atoms with E-state index in [9.17, 15) is 4.79 Å². The van der Waals surface area contributed by atoms with Crippen molar-refractivity contribution in [3.63, 3.8) is 0 Å². The lowest BCUT2D eigenvalue weighted by Crippen LogP contribution is -2.35. The van der Waals surface area contributed by atoms with Crippen LogP contribution in [0.15, 0.2) is 48.3 Å². The van der Waals surface area contributed by atoms with Crippen LogP contribution in [0.25, 0.3) is 16.6 Å². The van der Waals surface area contributed by atoms with E-state index in [4.69, 9.17) is 14.6 Å². The van der Waals surface area contributed by atoms with Crippen molar-refractivity contribution in [2.24, 2.45) is 0 Å². The Morgan fingerprint density at radius 3 is 2.30 bits per heavy atom. The molecule has 0 spiro atoms. The van der Waals surface area contributed by atoms with Crippen LogP contribution >= 0.6 is 0 Å². The molecule has 4 rings (SSSR count). The molecule has 2 heterocycles. The van der Waals surface area contributed by atoms with Crippen LogP contribution in [0, 0.1) is 0 Å². The molecule has 3 N–H and O–H groups in total. The number of imidazole rings is 1. The molecule has 3 aromatic rings. The molecule has 8 heteroatoms. The number of fused-ring (bicyclic) bond motifs is 1. The molecule has 0 aliphatic carbocycles. The van der Waals surface area contributed by atoms with Gasteiger partial charge >= 0.3 is 0 Å². The number of hydrogen-bond donors (Lipinski definition) is 3. The predicted molar refractivity (Wildman–Crippen MR) is 117 cm³/mol. The molecule has 30 heavy (non-hydrogen) atoms. The minimum absolute atomic E-state index is 0.00908. The molecule has 0 amide bonds. The van der Waals surface area contributed by atoms with Crippen molar-refractivity contribution in [1.82, 2.24) is 15.3 Å². The summed E-state index contributed by atoms with van der Waals surface area (Å²) < 4.78 is 10.8. The third kappa shape index (κ3) is 3.57. The van der Waals surface area contributed by atoms with E-state index in [0.29, 0.717) is 28.7 Å². The second-order valence-electron chi connectivity index (χ2n) is 6.56. The Hall–Kier alpha value is -3.52. The highest BCUT2D eigenvalue weighted by atomic mass is 16.5. The molecule has 1 aliphatic rings. The van der Waals surface area contributed by atoms with Crippen LogP contribution in [-0.2, 0) is 4.79 Å². The van der Waals surface area contributed by atoms with Crippen molar-refractivity contribution in [3.8, 4) is 11.5 Å². The summed E-state index contributed by atoms with van der Waals surface area (Å²) in [5.41, 5.74) is 3.05. The molecule has 1 aromatic heterocycles. The number of hydrogen-bond acceptors (Lipinski definition) is 7. The number of aliphatic hydroxyl groups excluding tert-OH is 1. The normalized spacial score (nSPS) is 15.9. The van der Waals surface area contributed by atoms with E-state index in [-0.39, 0.29) is 5.78 Å². The third-order valence-corrected chi connectivity index (χ3v) is 4.97. The quantitative estimate of drug-likeness (QED) is 0.594. The van der Waals surface area contributed by atoms with Gasteiger partial charge in [-0.25, -0.2) is 4.98 Å². The largest absolute Gasteiger partial charge is 0.497 e.